The van der Waals surface area contributed by atoms with E-state index < -0.39 is 11.0 Å². The second-order valence-corrected chi connectivity index (χ2v) is 14.7. The van der Waals surface area contributed by atoms with E-state index in [0.29, 0.717) is 29.9 Å². The van der Waals surface area contributed by atoms with Crippen molar-refractivity contribution in [2.24, 2.45) is 17.8 Å². The Balaban J connectivity index is 1.37. The number of fused-ring (bicyclic) bond motifs is 3. The first kappa shape index (κ1) is 31.2. The fraction of sp³-hybridized carbons (Fsp3) is 0.559. The van der Waals surface area contributed by atoms with Crippen LogP contribution in [-0.2, 0) is 27.6 Å². The SMILES string of the molecule is CNS(=O)C(C)C(C)C/C=C/C(OC)C1CCC1CN1C[C@@]2(CCCc3cc(Cl)ccc32)COc2ccc(C=O)cc21. The number of nitrogens with zero attached hydrogens (tertiary/aromatic N) is 1. The summed E-state index contributed by atoms with van der Waals surface area (Å²) < 4.78 is 27.6. The first-order chi connectivity index (χ1) is 20.3. The number of carbonyl (C=O) groups excluding carboxylic acids is 1. The Hall–Kier alpha value is -2.19. The molecule has 3 aliphatic rings. The van der Waals surface area contributed by atoms with E-state index in [4.69, 9.17) is 21.1 Å². The van der Waals surface area contributed by atoms with Crippen LogP contribution in [0.3, 0.4) is 0 Å². The normalized spacial score (nSPS) is 26.4. The van der Waals surface area contributed by atoms with Crippen molar-refractivity contribution in [3.63, 3.8) is 0 Å². The Morgan fingerprint density at radius 3 is 2.79 bits per heavy atom. The average Bonchev–Trinajstić information content (AvgIpc) is 3.14. The van der Waals surface area contributed by atoms with Crippen LogP contribution in [0.5, 0.6) is 5.75 Å². The van der Waals surface area contributed by atoms with Crippen LogP contribution in [0.25, 0.3) is 0 Å². The Labute approximate surface area is 258 Å². The lowest BCUT2D eigenvalue weighted by atomic mass is 9.68. The van der Waals surface area contributed by atoms with Crippen molar-refractivity contribution >= 4 is 34.6 Å². The predicted molar refractivity (Wildman–Crippen MR) is 172 cm³/mol. The lowest BCUT2D eigenvalue weighted by Gasteiger charge is -2.46. The molecule has 0 aromatic heterocycles. The van der Waals surface area contributed by atoms with Gasteiger partial charge < -0.3 is 14.4 Å². The van der Waals surface area contributed by atoms with Gasteiger partial charge in [0.25, 0.3) is 0 Å². The highest BCUT2D eigenvalue weighted by Gasteiger charge is 2.44. The summed E-state index contributed by atoms with van der Waals surface area (Å²) in [7, 11) is 2.52. The van der Waals surface area contributed by atoms with Crippen LogP contribution in [0.2, 0.25) is 5.02 Å². The van der Waals surface area contributed by atoms with Gasteiger partial charge in [0, 0.05) is 41.5 Å². The molecule has 0 saturated heterocycles. The maximum Gasteiger partial charge on any atom is 0.150 e. The van der Waals surface area contributed by atoms with Gasteiger partial charge in [0.2, 0.25) is 0 Å². The molecule has 0 amide bonds. The number of rotatable bonds is 11. The fourth-order valence-corrected chi connectivity index (χ4v) is 8.25. The lowest BCUT2D eigenvalue weighted by molar-refractivity contribution is 0.0131. The Morgan fingerprint density at radius 1 is 1.24 bits per heavy atom. The number of hydrogen-bond acceptors (Lipinski definition) is 5. The molecule has 2 aromatic carbocycles. The summed E-state index contributed by atoms with van der Waals surface area (Å²) in [5.41, 5.74) is 4.20. The van der Waals surface area contributed by atoms with Gasteiger partial charge in [-0.3, -0.25) is 4.79 Å². The number of allylic oxidation sites excluding steroid dienone is 1. The van der Waals surface area contributed by atoms with Gasteiger partial charge in [0.15, 0.2) is 0 Å². The summed E-state index contributed by atoms with van der Waals surface area (Å²) in [4.78, 5) is 14.3. The number of methoxy groups -OCH3 is 1. The monoisotopic (exact) mass is 612 g/mol. The van der Waals surface area contributed by atoms with E-state index in [2.05, 4.69) is 40.8 Å². The van der Waals surface area contributed by atoms with Crippen LogP contribution in [-0.4, -0.2) is 55.7 Å². The molecule has 5 rings (SSSR count). The molecule has 1 fully saturated rings. The number of carbonyl (C=O) groups is 1. The van der Waals surface area contributed by atoms with Crippen molar-refractivity contribution < 1.29 is 18.5 Å². The quantitative estimate of drug-likeness (QED) is 0.231. The van der Waals surface area contributed by atoms with Crippen molar-refractivity contribution in [3.05, 3.63) is 70.3 Å². The van der Waals surface area contributed by atoms with Gasteiger partial charge in [0.1, 0.15) is 12.0 Å². The van der Waals surface area contributed by atoms with Gasteiger partial charge in [-0.15, -0.1) is 0 Å². The number of halogens is 1. The highest BCUT2D eigenvalue weighted by molar-refractivity contribution is 7.83. The molecule has 6 nitrogen and oxygen atoms in total. The Kier molecular flexibility index (Phi) is 10.1. The fourth-order valence-electron chi connectivity index (χ4n) is 7.15. The maximum atomic E-state index is 12.2. The van der Waals surface area contributed by atoms with Gasteiger partial charge >= 0.3 is 0 Å². The third-order valence-corrected chi connectivity index (χ3v) is 11.8. The molecule has 0 bridgehead atoms. The summed E-state index contributed by atoms with van der Waals surface area (Å²) in [6.45, 7) is 6.52. The third kappa shape index (κ3) is 6.50. The number of anilines is 1. The van der Waals surface area contributed by atoms with Crippen molar-refractivity contribution in [2.75, 3.05) is 38.8 Å². The molecule has 7 atom stereocenters. The zero-order chi connectivity index (χ0) is 29.9. The van der Waals surface area contributed by atoms with Crippen molar-refractivity contribution in [1.29, 1.82) is 0 Å². The summed E-state index contributed by atoms with van der Waals surface area (Å²) in [5.74, 6) is 2.03. The van der Waals surface area contributed by atoms with Crippen LogP contribution < -0.4 is 14.4 Å². The molecular formula is C34H45ClN2O4S. The predicted octanol–water partition coefficient (Wildman–Crippen LogP) is 6.52. The molecule has 1 N–H and O–H groups in total. The minimum absolute atomic E-state index is 0.0385. The van der Waals surface area contributed by atoms with Gasteiger partial charge in [0.05, 0.1) is 29.4 Å². The van der Waals surface area contributed by atoms with Crippen molar-refractivity contribution in [1.82, 2.24) is 4.72 Å². The van der Waals surface area contributed by atoms with Crippen LogP contribution in [0, 0.1) is 17.8 Å². The molecule has 8 heteroatoms. The molecule has 2 aromatic rings. The molecule has 2 aliphatic carbocycles. The number of ether oxygens (including phenoxy) is 2. The number of benzene rings is 2. The van der Waals surface area contributed by atoms with Gasteiger partial charge in [-0.05, 0) is 112 Å². The smallest absolute Gasteiger partial charge is 0.150 e. The summed E-state index contributed by atoms with van der Waals surface area (Å²) in [6.07, 6.45) is 11.7. The van der Waals surface area contributed by atoms with E-state index in [1.54, 1.807) is 14.2 Å². The van der Waals surface area contributed by atoms with Crippen LogP contribution in [0.4, 0.5) is 5.69 Å². The zero-order valence-electron chi connectivity index (χ0n) is 25.3. The Bertz CT molecular complexity index is 1320. The summed E-state index contributed by atoms with van der Waals surface area (Å²) in [6, 6.07) is 12.1. The highest BCUT2D eigenvalue weighted by atomic mass is 35.5. The first-order valence-electron chi connectivity index (χ1n) is 15.3. The van der Waals surface area contributed by atoms with Crippen molar-refractivity contribution in [2.45, 2.75) is 69.1 Å². The van der Waals surface area contributed by atoms with E-state index in [1.807, 2.05) is 31.2 Å². The van der Waals surface area contributed by atoms with Gasteiger partial charge in [-0.25, -0.2) is 8.93 Å². The summed E-state index contributed by atoms with van der Waals surface area (Å²) >= 11 is 6.41. The third-order valence-electron chi connectivity index (χ3n) is 10.00. The Morgan fingerprint density at radius 2 is 2.07 bits per heavy atom. The molecule has 1 saturated carbocycles. The van der Waals surface area contributed by atoms with E-state index >= 15 is 0 Å². The molecule has 0 radical (unpaired) electrons. The lowest BCUT2D eigenvalue weighted by Crippen LogP contribution is -2.49. The molecule has 1 heterocycles. The number of aryl methyl sites for hydroxylation is 1. The first-order valence-corrected chi connectivity index (χ1v) is 16.9. The molecule has 1 spiro atoms. The minimum atomic E-state index is -1.03. The van der Waals surface area contributed by atoms with E-state index in [9.17, 15) is 9.00 Å². The largest absolute Gasteiger partial charge is 0.490 e. The van der Waals surface area contributed by atoms with Crippen LogP contribution in [0.1, 0.15) is 67.4 Å². The second kappa shape index (κ2) is 13.6. The number of nitrogens with one attached hydrogen (secondary N) is 1. The number of aldehydes is 1. The van der Waals surface area contributed by atoms with Gasteiger partial charge in [-0.2, -0.15) is 0 Å². The highest BCUT2D eigenvalue weighted by Crippen LogP contribution is 2.46. The standard InChI is InChI=1S/C34H45ClN2O4S/c1-23(24(2)42(39)36-3)7-5-9-32(40-4)29-13-11-27(29)19-37-21-34(16-6-8-26-18-28(35)12-14-30(26)34)22-41-33-15-10-25(20-38)17-31(33)37/h5,9-10,12,14-15,17-18,20,23-24,27,29,32,36H,6-8,11,13,16,19,21-22H2,1-4H3/b9-5+/t23?,24?,27?,29?,32?,34-,42?/m0/s1. The summed E-state index contributed by atoms with van der Waals surface area (Å²) in [5, 5.41) is 0.859. The second-order valence-electron chi connectivity index (χ2n) is 12.5. The topological polar surface area (TPSA) is 67.9 Å². The molecule has 1 aliphatic heterocycles. The van der Waals surface area contributed by atoms with E-state index in [-0.39, 0.29) is 16.8 Å². The molecule has 228 valence electrons. The minimum Gasteiger partial charge on any atom is -0.490 e. The zero-order valence-corrected chi connectivity index (χ0v) is 26.9. The number of hydrogen-bond donors (Lipinski definition) is 1. The molecular weight excluding hydrogens is 568 g/mol. The van der Waals surface area contributed by atoms with Crippen LogP contribution >= 0.6 is 11.6 Å². The van der Waals surface area contributed by atoms with E-state index in [1.165, 1.54) is 11.1 Å². The van der Waals surface area contributed by atoms with Crippen molar-refractivity contribution in [3.8, 4) is 5.75 Å². The van der Waals surface area contributed by atoms with E-state index in [0.717, 1.165) is 74.4 Å². The van der Waals surface area contributed by atoms with Crippen LogP contribution in [0.15, 0.2) is 48.6 Å². The average molecular weight is 613 g/mol. The molecule has 6 unspecified atom stereocenters. The molecule has 42 heavy (non-hydrogen) atoms. The maximum absolute atomic E-state index is 12.2. The van der Waals surface area contributed by atoms with Gasteiger partial charge in [-0.1, -0.05) is 36.7 Å².